The lowest BCUT2D eigenvalue weighted by Crippen LogP contribution is -2.52. The molecule has 4 rings (SSSR count). The minimum atomic E-state index is -0.575. The van der Waals surface area contributed by atoms with Crippen LogP contribution in [0.2, 0.25) is 0 Å². The van der Waals surface area contributed by atoms with Crippen LogP contribution in [0, 0.1) is 11.3 Å². The Kier molecular flexibility index (Phi) is 7.11. The molecular formula is C27H33N3O3. The smallest absolute Gasteiger partial charge is 0.226 e. The second kappa shape index (κ2) is 10.2. The third kappa shape index (κ3) is 5.44. The quantitative estimate of drug-likeness (QED) is 0.693. The van der Waals surface area contributed by atoms with Crippen molar-refractivity contribution in [2.45, 2.75) is 52.2 Å². The van der Waals surface area contributed by atoms with Crippen LogP contribution in [0.5, 0.6) is 0 Å². The van der Waals surface area contributed by atoms with E-state index in [1.165, 1.54) is 0 Å². The molecule has 0 spiro atoms. The summed E-state index contributed by atoms with van der Waals surface area (Å²) in [7, 11) is 0. The molecule has 0 bridgehead atoms. The molecule has 1 saturated heterocycles. The van der Waals surface area contributed by atoms with E-state index in [9.17, 15) is 9.59 Å². The largest absolute Gasteiger partial charge is 0.392 e. The zero-order valence-corrected chi connectivity index (χ0v) is 19.5. The van der Waals surface area contributed by atoms with Gasteiger partial charge in [0.05, 0.1) is 11.1 Å². The monoisotopic (exact) mass is 447 g/mol. The maximum atomic E-state index is 13.5. The molecule has 0 radical (unpaired) electrons. The summed E-state index contributed by atoms with van der Waals surface area (Å²) in [5.41, 5.74) is 2.47. The molecule has 2 aromatic carbocycles. The average molecular weight is 448 g/mol. The molecule has 1 N–H and O–H groups in total. The number of rotatable bonds is 7. The van der Waals surface area contributed by atoms with Crippen molar-refractivity contribution < 1.29 is 14.4 Å². The molecule has 2 amide bonds. The Balaban J connectivity index is 1.45. The molecule has 2 heterocycles. The summed E-state index contributed by atoms with van der Waals surface area (Å²) in [6.45, 7) is 5.52. The van der Waals surface area contributed by atoms with E-state index in [0.29, 0.717) is 45.3 Å². The Morgan fingerprint density at radius 3 is 2.33 bits per heavy atom. The van der Waals surface area contributed by atoms with Crippen LogP contribution < -0.4 is 5.32 Å². The van der Waals surface area contributed by atoms with Crippen LogP contribution in [0.4, 0.5) is 0 Å². The molecule has 174 valence electrons. The van der Waals surface area contributed by atoms with Crippen molar-refractivity contribution in [1.29, 1.82) is 0 Å². The number of carbonyl (C=O) groups is 2. The van der Waals surface area contributed by atoms with E-state index in [1.54, 1.807) is 0 Å². The number of hydrogen-bond acceptors (Lipinski definition) is 4. The van der Waals surface area contributed by atoms with Crippen LogP contribution in [0.25, 0.3) is 0 Å². The fraction of sp³-hybridized carbons (Fsp3) is 0.444. The first-order chi connectivity index (χ1) is 16.0. The van der Waals surface area contributed by atoms with Crippen molar-refractivity contribution >= 4 is 17.5 Å². The van der Waals surface area contributed by atoms with Crippen LogP contribution in [0.15, 0.2) is 65.8 Å². The van der Waals surface area contributed by atoms with Gasteiger partial charge in [0.2, 0.25) is 11.8 Å². The first-order valence-electron chi connectivity index (χ1n) is 11.9. The standard InChI is InChI=1S/C27H33N3O3/c1-20(2)25(31)30-15-13-27(14-16-30,26(32)28-19-21-9-5-3-6-10-21)18-23-17-24(29-33-23)22-11-7-4-8-12-22/h3-12,20,23H,13-19H2,1-2H3,(H,28,32)/t23-/m1/s1. The summed E-state index contributed by atoms with van der Waals surface area (Å²) in [5.74, 6) is 0.157. The van der Waals surface area contributed by atoms with Gasteiger partial charge in [-0.25, -0.2) is 0 Å². The number of likely N-dealkylation sites (tertiary alicyclic amines) is 1. The van der Waals surface area contributed by atoms with Crippen LogP contribution in [-0.4, -0.2) is 41.6 Å². The van der Waals surface area contributed by atoms with Gasteiger partial charge in [-0.15, -0.1) is 0 Å². The van der Waals surface area contributed by atoms with Gasteiger partial charge in [0.1, 0.15) is 6.10 Å². The van der Waals surface area contributed by atoms with Crippen molar-refractivity contribution in [2.75, 3.05) is 13.1 Å². The molecule has 1 fully saturated rings. The van der Waals surface area contributed by atoms with Crippen molar-refractivity contribution in [1.82, 2.24) is 10.2 Å². The molecule has 0 aromatic heterocycles. The fourth-order valence-corrected chi connectivity index (χ4v) is 4.78. The van der Waals surface area contributed by atoms with Gasteiger partial charge in [-0.2, -0.15) is 0 Å². The summed E-state index contributed by atoms with van der Waals surface area (Å²) in [6.07, 6.45) is 2.40. The minimum absolute atomic E-state index is 0.0376. The number of benzene rings is 2. The Hall–Kier alpha value is -3.15. The van der Waals surface area contributed by atoms with E-state index in [0.717, 1.165) is 16.8 Å². The lowest BCUT2D eigenvalue weighted by molar-refractivity contribution is -0.144. The zero-order chi connectivity index (χ0) is 23.3. The van der Waals surface area contributed by atoms with Crippen LogP contribution in [0.3, 0.4) is 0 Å². The average Bonchev–Trinajstić information content (AvgIpc) is 3.32. The maximum Gasteiger partial charge on any atom is 0.226 e. The highest BCUT2D eigenvalue weighted by molar-refractivity contribution is 6.01. The van der Waals surface area contributed by atoms with Crippen molar-refractivity contribution in [2.24, 2.45) is 16.5 Å². The van der Waals surface area contributed by atoms with E-state index in [1.807, 2.05) is 79.4 Å². The normalized spacial score (nSPS) is 19.7. The van der Waals surface area contributed by atoms with Gasteiger partial charge in [0, 0.05) is 38.4 Å². The number of nitrogens with zero attached hydrogens (tertiary/aromatic N) is 2. The summed E-state index contributed by atoms with van der Waals surface area (Å²) >= 11 is 0. The van der Waals surface area contributed by atoms with Crippen molar-refractivity contribution in [3.8, 4) is 0 Å². The van der Waals surface area contributed by atoms with E-state index >= 15 is 0 Å². The second-order valence-electron chi connectivity index (χ2n) is 9.47. The van der Waals surface area contributed by atoms with E-state index in [4.69, 9.17) is 4.84 Å². The Labute approximate surface area is 196 Å². The van der Waals surface area contributed by atoms with Crippen LogP contribution in [0.1, 0.15) is 50.7 Å². The highest BCUT2D eigenvalue weighted by Crippen LogP contribution is 2.39. The predicted octanol–water partition coefficient (Wildman–Crippen LogP) is 4.15. The molecular weight excluding hydrogens is 414 g/mol. The van der Waals surface area contributed by atoms with Crippen molar-refractivity contribution in [3.05, 3.63) is 71.8 Å². The molecule has 33 heavy (non-hydrogen) atoms. The van der Waals surface area contributed by atoms with Gasteiger partial charge in [-0.3, -0.25) is 9.59 Å². The Morgan fingerprint density at radius 1 is 1.06 bits per heavy atom. The Bertz CT molecular complexity index is 980. The third-order valence-corrected chi connectivity index (χ3v) is 6.76. The molecule has 2 aliphatic heterocycles. The van der Waals surface area contributed by atoms with Crippen molar-refractivity contribution in [3.63, 3.8) is 0 Å². The van der Waals surface area contributed by atoms with Crippen LogP contribution in [-0.2, 0) is 21.0 Å². The van der Waals surface area contributed by atoms with Gasteiger partial charge < -0.3 is 15.1 Å². The molecule has 0 aliphatic carbocycles. The number of oxime groups is 1. The van der Waals surface area contributed by atoms with Gasteiger partial charge in [-0.05, 0) is 24.0 Å². The van der Waals surface area contributed by atoms with E-state index < -0.39 is 5.41 Å². The summed E-state index contributed by atoms with van der Waals surface area (Å²) in [4.78, 5) is 33.8. The highest BCUT2D eigenvalue weighted by Gasteiger charge is 2.45. The fourth-order valence-electron chi connectivity index (χ4n) is 4.78. The van der Waals surface area contributed by atoms with Gasteiger partial charge in [0.15, 0.2) is 0 Å². The van der Waals surface area contributed by atoms with Crippen LogP contribution >= 0.6 is 0 Å². The first kappa shape index (κ1) is 23.0. The predicted molar refractivity (Wildman–Crippen MR) is 128 cm³/mol. The number of nitrogens with one attached hydrogen (secondary N) is 1. The molecule has 6 heteroatoms. The SMILES string of the molecule is CC(C)C(=O)N1CCC(C[C@H]2CC(c3ccccc3)=NO2)(C(=O)NCc2ccccc2)CC1. The number of piperidine rings is 1. The zero-order valence-electron chi connectivity index (χ0n) is 19.5. The highest BCUT2D eigenvalue weighted by atomic mass is 16.6. The number of carbonyl (C=O) groups excluding carboxylic acids is 2. The molecule has 1 atom stereocenters. The van der Waals surface area contributed by atoms with E-state index in [-0.39, 0.29) is 23.8 Å². The molecule has 6 nitrogen and oxygen atoms in total. The van der Waals surface area contributed by atoms with Gasteiger partial charge >= 0.3 is 0 Å². The molecule has 2 aliphatic rings. The third-order valence-electron chi connectivity index (χ3n) is 6.76. The molecule has 2 aromatic rings. The van der Waals surface area contributed by atoms with E-state index in [2.05, 4.69) is 10.5 Å². The number of amides is 2. The lowest BCUT2D eigenvalue weighted by atomic mass is 9.72. The summed E-state index contributed by atoms with van der Waals surface area (Å²) < 4.78 is 0. The maximum absolute atomic E-state index is 13.5. The Morgan fingerprint density at radius 2 is 1.70 bits per heavy atom. The van der Waals surface area contributed by atoms with Gasteiger partial charge in [-0.1, -0.05) is 79.7 Å². The molecule has 0 unspecified atom stereocenters. The second-order valence-corrected chi connectivity index (χ2v) is 9.47. The molecule has 0 saturated carbocycles. The van der Waals surface area contributed by atoms with Gasteiger partial charge in [0.25, 0.3) is 0 Å². The minimum Gasteiger partial charge on any atom is -0.392 e. The lowest BCUT2D eigenvalue weighted by Gasteiger charge is -2.42. The summed E-state index contributed by atoms with van der Waals surface area (Å²) in [6, 6.07) is 20.0. The first-order valence-corrected chi connectivity index (χ1v) is 11.9. The summed E-state index contributed by atoms with van der Waals surface area (Å²) in [5, 5.41) is 7.48. The number of hydrogen-bond donors (Lipinski definition) is 1. The topological polar surface area (TPSA) is 71.0 Å².